The molecule has 5 heteroatoms. The van der Waals surface area contributed by atoms with E-state index >= 15 is 0 Å². The van der Waals surface area contributed by atoms with E-state index < -0.39 is 0 Å². The van der Waals surface area contributed by atoms with Crippen molar-refractivity contribution in [2.75, 3.05) is 0 Å². The summed E-state index contributed by atoms with van der Waals surface area (Å²) in [6, 6.07) is 4.29. The number of nitrogens with one attached hydrogen (secondary N) is 1. The average molecular weight is 270 g/mol. The molecule has 0 aliphatic heterocycles. The molecule has 0 saturated carbocycles. The summed E-state index contributed by atoms with van der Waals surface area (Å²) in [7, 11) is 0. The molecule has 0 radical (unpaired) electrons. The van der Waals surface area contributed by atoms with Crippen LogP contribution in [0.3, 0.4) is 0 Å². The third-order valence-corrected chi connectivity index (χ3v) is 3.92. The first-order valence-corrected chi connectivity index (χ1v) is 6.88. The van der Waals surface area contributed by atoms with E-state index in [1.54, 1.807) is 11.3 Å². The second kappa shape index (κ2) is 5.67. The van der Waals surface area contributed by atoms with E-state index in [0.29, 0.717) is 6.04 Å². The molecule has 0 spiro atoms. The minimum atomic E-state index is 0.302. The van der Waals surface area contributed by atoms with Gasteiger partial charge in [0, 0.05) is 35.8 Å². The van der Waals surface area contributed by atoms with Crippen LogP contribution >= 0.6 is 22.9 Å². The monoisotopic (exact) mass is 269 g/mol. The summed E-state index contributed by atoms with van der Waals surface area (Å²) in [5.41, 5.74) is 1.22. The van der Waals surface area contributed by atoms with Crippen molar-refractivity contribution in [3.05, 3.63) is 39.3 Å². The molecule has 0 saturated heterocycles. The molecule has 0 fully saturated rings. The molecule has 2 rings (SSSR count). The molecule has 2 aromatic rings. The lowest BCUT2D eigenvalue weighted by Crippen LogP contribution is -2.16. The van der Waals surface area contributed by atoms with Crippen LogP contribution in [0.15, 0.2) is 24.5 Å². The van der Waals surface area contributed by atoms with Gasteiger partial charge in [-0.3, -0.25) is 4.68 Å². The second-order valence-corrected chi connectivity index (χ2v) is 5.74. The Bertz CT molecular complexity index is 478. The smallest absolute Gasteiger partial charge is 0.0931 e. The first-order chi connectivity index (χ1) is 8.19. The summed E-state index contributed by atoms with van der Waals surface area (Å²) in [4.78, 5) is 1.25. The number of thiophene rings is 1. The summed E-state index contributed by atoms with van der Waals surface area (Å²) < 4.78 is 2.78. The standard InChI is InChI=1S/C12H16ClN3S/c1-3-16-8-10(6-15-16)9(2)14-7-11-4-5-12(13)17-11/h4-6,8-9,14H,3,7H2,1-2H3. The van der Waals surface area contributed by atoms with Crippen LogP contribution < -0.4 is 5.32 Å². The number of nitrogens with zero attached hydrogens (tertiary/aromatic N) is 2. The highest BCUT2D eigenvalue weighted by molar-refractivity contribution is 7.16. The average Bonchev–Trinajstić information content (AvgIpc) is 2.94. The third-order valence-electron chi connectivity index (χ3n) is 2.69. The topological polar surface area (TPSA) is 29.9 Å². The summed E-state index contributed by atoms with van der Waals surface area (Å²) in [5.74, 6) is 0. The number of hydrogen-bond donors (Lipinski definition) is 1. The highest BCUT2D eigenvalue weighted by Crippen LogP contribution is 2.22. The van der Waals surface area contributed by atoms with Gasteiger partial charge in [0.05, 0.1) is 10.5 Å². The number of halogens is 1. The van der Waals surface area contributed by atoms with Gasteiger partial charge in [0.15, 0.2) is 0 Å². The Balaban J connectivity index is 1.90. The van der Waals surface area contributed by atoms with Crippen LogP contribution in [-0.2, 0) is 13.1 Å². The molecule has 0 aromatic carbocycles. The lowest BCUT2D eigenvalue weighted by atomic mass is 10.2. The Morgan fingerprint density at radius 3 is 2.94 bits per heavy atom. The second-order valence-electron chi connectivity index (χ2n) is 3.94. The van der Waals surface area contributed by atoms with E-state index in [9.17, 15) is 0 Å². The van der Waals surface area contributed by atoms with Gasteiger partial charge in [-0.25, -0.2) is 0 Å². The molecule has 1 atom stereocenters. The molecule has 1 unspecified atom stereocenters. The van der Waals surface area contributed by atoms with Crippen LogP contribution in [0.25, 0.3) is 0 Å². The predicted molar refractivity (Wildman–Crippen MR) is 72.5 cm³/mol. The van der Waals surface area contributed by atoms with Gasteiger partial charge in [-0.05, 0) is 26.0 Å². The Kier molecular flexibility index (Phi) is 4.20. The zero-order valence-corrected chi connectivity index (χ0v) is 11.6. The van der Waals surface area contributed by atoms with E-state index in [4.69, 9.17) is 11.6 Å². The SMILES string of the molecule is CCn1cc(C(C)NCc2ccc(Cl)s2)cn1. The van der Waals surface area contributed by atoms with Crippen molar-refractivity contribution >= 4 is 22.9 Å². The lowest BCUT2D eigenvalue weighted by molar-refractivity contribution is 0.577. The van der Waals surface area contributed by atoms with Gasteiger partial charge in [0.25, 0.3) is 0 Å². The van der Waals surface area contributed by atoms with E-state index in [2.05, 4.69) is 36.5 Å². The highest BCUT2D eigenvalue weighted by atomic mass is 35.5. The molecule has 0 aliphatic carbocycles. The summed E-state index contributed by atoms with van der Waals surface area (Å²) in [6.07, 6.45) is 4.00. The molecule has 2 heterocycles. The van der Waals surface area contributed by atoms with Crippen molar-refractivity contribution in [1.29, 1.82) is 0 Å². The minimum absolute atomic E-state index is 0.302. The maximum absolute atomic E-state index is 5.89. The zero-order valence-electron chi connectivity index (χ0n) is 9.98. The normalized spacial score (nSPS) is 12.9. The summed E-state index contributed by atoms with van der Waals surface area (Å²) >= 11 is 7.51. The molecular formula is C12H16ClN3S. The van der Waals surface area contributed by atoms with E-state index in [-0.39, 0.29) is 0 Å². The van der Waals surface area contributed by atoms with Gasteiger partial charge >= 0.3 is 0 Å². The fourth-order valence-electron chi connectivity index (χ4n) is 1.59. The molecule has 1 N–H and O–H groups in total. The molecule has 0 aliphatic rings. The molecule has 17 heavy (non-hydrogen) atoms. The van der Waals surface area contributed by atoms with Gasteiger partial charge < -0.3 is 5.32 Å². The Morgan fingerprint density at radius 2 is 2.35 bits per heavy atom. The zero-order chi connectivity index (χ0) is 12.3. The Labute approximate surface area is 110 Å². The van der Waals surface area contributed by atoms with Gasteiger partial charge in [-0.15, -0.1) is 11.3 Å². The molecule has 0 bridgehead atoms. The lowest BCUT2D eigenvalue weighted by Gasteiger charge is -2.10. The van der Waals surface area contributed by atoms with Crippen molar-refractivity contribution in [2.24, 2.45) is 0 Å². The van der Waals surface area contributed by atoms with Crippen molar-refractivity contribution < 1.29 is 0 Å². The number of aromatic nitrogens is 2. The summed E-state index contributed by atoms with van der Waals surface area (Å²) in [6.45, 7) is 5.98. The van der Waals surface area contributed by atoms with Crippen LogP contribution in [-0.4, -0.2) is 9.78 Å². The van der Waals surface area contributed by atoms with Gasteiger partial charge in [0.2, 0.25) is 0 Å². The minimum Gasteiger partial charge on any atom is -0.305 e. The first kappa shape index (κ1) is 12.6. The molecule has 3 nitrogen and oxygen atoms in total. The first-order valence-electron chi connectivity index (χ1n) is 5.69. The van der Waals surface area contributed by atoms with Gasteiger partial charge in [-0.2, -0.15) is 5.10 Å². The predicted octanol–water partition coefficient (Wildman–Crippen LogP) is 3.47. The number of hydrogen-bond acceptors (Lipinski definition) is 3. The van der Waals surface area contributed by atoms with Crippen molar-refractivity contribution in [3.8, 4) is 0 Å². The molecule has 2 aromatic heterocycles. The Morgan fingerprint density at radius 1 is 1.53 bits per heavy atom. The quantitative estimate of drug-likeness (QED) is 0.901. The fourth-order valence-corrected chi connectivity index (χ4v) is 2.63. The maximum Gasteiger partial charge on any atom is 0.0931 e. The van der Waals surface area contributed by atoms with Crippen LogP contribution in [0, 0.1) is 0 Å². The van der Waals surface area contributed by atoms with Crippen LogP contribution in [0.1, 0.15) is 30.3 Å². The summed E-state index contributed by atoms with van der Waals surface area (Å²) in [5, 5.41) is 7.74. The van der Waals surface area contributed by atoms with Crippen molar-refractivity contribution in [3.63, 3.8) is 0 Å². The third kappa shape index (κ3) is 3.31. The number of aryl methyl sites for hydroxylation is 1. The maximum atomic E-state index is 5.89. The van der Waals surface area contributed by atoms with E-state index in [1.165, 1.54) is 10.4 Å². The van der Waals surface area contributed by atoms with E-state index in [1.807, 2.05) is 16.9 Å². The van der Waals surface area contributed by atoms with E-state index in [0.717, 1.165) is 17.4 Å². The van der Waals surface area contributed by atoms with Crippen LogP contribution in [0.2, 0.25) is 4.34 Å². The Hall–Kier alpha value is -0.840. The van der Waals surface area contributed by atoms with Crippen molar-refractivity contribution in [2.45, 2.75) is 33.0 Å². The fraction of sp³-hybridized carbons (Fsp3) is 0.417. The van der Waals surface area contributed by atoms with Gasteiger partial charge in [-0.1, -0.05) is 11.6 Å². The van der Waals surface area contributed by atoms with Crippen LogP contribution in [0.5, 0.6) is 0 Å². The van der Waals surface area contributed by atoms with Crippen molar-refractivity contribution in [1.82, 2.24) is 15.1 Å². The molecule has 0 amide bonds. The highest BCUT2D eigenvalue weighted by Gasteiger charge is 2.07. The molecular weight excluding hydrogens is 254 g/mol. The van der Waals surface area contributed by atoms with Crippen LogP contribution in [0.4, 0.5) is 0 Å². The van der Waals surface area contributed by atoms with Gasteiger partial charge in [0.1, 0.15) is 0 Å². The number of rotatable bonds is 5. The molecule has 92 valence electrons. The largest absolute Gasteiger partial charge is 0.305 e.